The van der Waals surface area contributed by atoms with Crippen LogP contribution in [0.1, 0.15) is 12.7 Å². The van der Waals surface area contributed by atoms with Crippen LogP contribution in [0.3, 0.4) is 0 Å². The fourth-order valence-corrected chi connectivity index (χ4v) is 5.37. The number of hydrogen-bond donors (Lipinski definition) is 0. The Hall–Kier alpha value is -4.69. The molecule has 0 aliphatic rings. The highest BCUT2D eigenvalue weighted by Gasteiger charge is 2.20. The van der Waals surface area contributed by atoms with E-state index in [1.54, 1.807) is 0 Å². The number of rotatable bonds is 3. The molecule has 0 bridgehead atoms. The zero-order chi connectivity index (χ0) is 28.4. The first kappa shape index (κ1) is 16.1. The number of aromatic nitrogens is 2. The fraction of sp³-hybridized carbons (Fsp3) is 0.0294. The average Bonchev–Trinajstić information content (AvgIpc) is 3.33. The summed E-state index contributed by atoms with van der Waals surface area (Å²) >= 11 is 0. The SMILES string of the molecule is [2H]c1c([2H])c([2H])c(-c2ccccc2-c2c3ccccc3c(-n3c(C)nc4ccccc43)c3ccccc23)c([2H])c1[2H]. The minimum atomic E-state index is -0.399. The molecule has 0 N–H and O–H groups in total. The van der Waals surface area contributed by atoms with Gasteiger partial charge in [-0.1, -0.05) is 115 Å². The molecule has 1 aromatic heterocycles. The van der Waals surface area contributed by atoms with Gasteiger partial charge in [-0.15, -0.1) is 0 Å². The maximum Gasteiger partial charge on any atom is 0.111 e. The van der Waals surface area contributed by atoms with Gasteiger partial charge in [0.25, 0.3) is 0 Å². The summed E-state index contributed by atoms with van der Waals surface area (Å²) in [5.41, 5.74) is 5.52. The number of para-hydroxylation sites is 2. The molecular formula is C34H24N2. The van der Waals surface area contributed by atoms with E-state index in [1.807, 2.05) is 73.7 Å². The van der Waals surface area contributed by atoms with Crippen molar-refractivity contribution in [1.82, 2.24) is 9.55 Å². The monoisotopic (exact) mass is 465 g/mol. The van der Waals surface area contributed by atoms with Crippen LogP contribution in [0.15, 0.2) is 127 Å². The smallest absolute Gasteiger partial charge is 0.111 e. The van der Waals surface area contributed by atoms with E-state index < -0.39 is 6.04 Å². The van der Waals surface area contributed by atoms with Crippen molar-refractivity contribution < 1.29 is 6.85 Å². The van der Waals surface area contributed by atoms with Crippen LogP contribution in [0.5, 0.6) is 0 Å². The largest absolute Gasteiger partial charge is 0.295 e. The third-order valence-electron chi connectivity index (χ3n) is 6.82. The maximum absolute atomic E-state index is 8.70. The Morgan fingerprint density at radius 1 is 0.611 bits per heavy atom. The van der Waals surface area contributed by atoms with Crippen LogP contribution >= 0.6 is 0 Å². The van der Waals surface area contributed by atoms with Crippen molar-refractivity contribution in [3.63, 3.8) is 0 Å². The van der Waals surface area contributed by atoms with Gasteiger partial charge < -0.3 is 0 Å². The van der Waals surface area contributed by atoms with Crippen molar-refractivity contribution in [2.75, 3.05) is 0 Å². The molecule has 2 nitrogen and oxygen atoms in total. The van der Waals surface area contributed by atoms with Crippen LogP contribution in [-0.4, -0.2) is 9.55 Å². The van der Waals surface area contributed by atoms with Gasteiger partial charge in [0.05, 0.1) is 23.6 Å². The van der Waals surface area contributed by atoms with E-state index in [4.69, 9.17) is 11.8 Å². The fourth-order valence-electron chi connectivity index (χ4n) is 5.37. The summed E-state index contributed by atoms with van der Waals surface area (Å²) in [7, 11) is 0. The van der Waals surface area contributed by atoms with E-state index in [0.717, 1.165) is 55.2 Å². The molecule has 0 aliphatic carbocycles. The van der Waals surface area contributed by atoms with E-state index in [2.05, 4.69) is 34.9 Å². The second-order valence-electron chi connectivity index (χ2n) is 8.84. The number of fused-ring (bicyclic) bond motifs is 3. The summed E-state index contributed by atoms with van der Waals surface area (Å²) in [6, 6.07) is 30.7. The molecule has 0 unspecified atom stereocenters. The van der Waals surface area contributed by atoms with Gasteiger partial charge in [-0.25, -0.2) is 4.98 Å². The molecule has 7 rings (SSSR count). The zero-order valence-corrected chi connectivity index (χ0v) is 19.6. The molecule has 0 radical (unpaired) electrons. The molecule has 6 aromatic carbocycles. The first-order valence-electron chi connectivity index (χ1n) is 14.4. The lowest BCUT2D eigenvalue weighted by molar-refractivity contribution is 1.02. The molecular weight excluding hydrogens is 436 g/mol. The van der Waals surface area contributed by atoms with Crippen LogP contribution in [0.2, 0.25) is 0 Å². The van der Waals surface area contributed by atoms with Gasteiger partial charge in [-0.05, 0) is 52.1 Å². The van der Waals surface area contributed by atoms with Crippen LogP contribution < -0.4 is 0 Å². The van der Waals surface area contributed by atoms with Gasteiger partial charge >= 0.3 is 0 Å². The molecule has 0 aliphatic heterocycles. The summed E-state index contributed by atoms with van der Waals surface area (Å²) in [6.07, 6.45) is 0. The second-order valence-corrected chi connectivity index (χ2v) is 8.84. The zero-order valence-electron chi connectivity index (χ0n) is 24.6. The molecule has 7 aromatic rings. The summed E-state index contributed by atoms with van der Waals surface area (Å²) in [6.45, 7) is 2.02. The molecule has 36 heavy (non-hydrogen) atoms. The van der Waals surface area contributed by atoms with E-state index >= 15 is 0 Å². The van der Waals surface area contributed by atoms with E-state index in [0.29, 0.717) is 5.56 Å². The molecule has 0 saturated carbocycles. The lowest BCUT2D eigenvalue weighted by Crippen LogP contribution is -2.01. The van der Waals surface area contributed by atoms with Gasteiger partial charge in [0, 0.05) is 10.8 Å². The molecule has 2 heteroatoms. The Morgan fingerprint density at radius 3 is 1.86 bits per heavy atom. The standard InChI is InChI=1S/C34H24N2/c1-23-35-31-21-11-12-22-32(31)36(23)34-29-19-9-7-17-27(29)33(28-18-8-10-20-30(28)34)26-16-6-5-15-25(26)24-13-3-2-4-14-24/h2-22H,1H3/i2D,3D,4D,13D,14D. The Kier molecular flexibility index (Phi) is 3.67. The maximum atomic E-state index is 8.70. The third kappa shape index (κ3) is 3.08. The van der Waals surface area contributed by atoms with E-state index in [1.165, 1.54) is 0 Å². The van der Waals surface area contributed by atoms with Crippen molar-refractivity contribution in [1.29, 1.82) is 0 Å². The van der Waals surface area contributed by atoms with E-state index in [9.17, 15) is 0 Å². The number of nitrogens with zero attached hydrogens (tertiary/aromatic N) is 2. The van der Waals surface area contributed by atoms with Crippen molar-refractivity contribution >= 4 is 32.6 Å². The number of imidazole rings is 1. The predicted molar refractivity (Wildman–Crippen MR) is 152 cm³/mol. The molecule has 0 amide bonds. The van der Waals surface area contributed by atoms with E-state index in [-0.39, 0.29) is 29.7 Å². The summed E-state index contributed by atoms with van der Waals surface area (Å²) in [4.78, 5) is 4.85. The van der Waals surface area contributed by atoms with Crippen molar-refractivity contribution in [2.45, 2.75) is 6.92 Å². The lowest BCUT2D eigenvalue weighted by Gasteiger charge is -2.20. The summed E-state index contributed by atoms with van der Waals surface area (Å²) in [5, 5.41) is 4.06. The number of hydrogen-bond acceptors (Lipinski definition) is 1. The van der Waals surface area contributed by atoms with Crippen molar-refractivity contribution in [3.05, 3.63) is 133 Å². The topological polar surface area (TPSA) is 17.8 Å². The number of aryl methyl sites for hydroxylation is 1. The highest BCUT2D eigenvalue weighted by Crippen LogP contribution is 2.44. The minimum Gasteiger partial charge on any atom is -0.295 e. The van der Waals surface area contributed by atoms with Crippen LogP contribution in [0.25, 0.3) is 60.5 Å². The molecule has 1 heterocycles. The summed E-state index contributed by atoms with van der Waals surface area (Å²) in [5.74, 6) is 0.883. The molecule has 0 spiro atoms. The highest BCUT2D eigenvalue weighted by atomic mass is 15.1. The average molecular weight is 466 g/mol. The quantitative estimate of drug-likeness (QED) is 0.238. The Balaban J connectivity index is 1.65. The molecule has 0 atom stereocenters. The highest BCUT2D eigenvalue weighted by molar-refractivity contribution is 6.19. The number of benzene rings is 6. The molecule has 0 fully saturated rings. The Bertz CT molecular complexity index is 2100. The van der Waals surface area contributed by atoms with Gasteiger partial charge in [-0.2, -0.15) is 0 Å². The Morgan fingerprint density at radius 2 is 1.17 bits per heavy atom. The molecule has 170 valence electrons. The molecule has 0 saturated heterocycles. The Labute approximate surface area is 217 Å². The second kappa shape index (κ2) is 8.21. The first-order valence-corrected chi connectivity index (χ1v) is 11.9. The van der Waals surface area contributed by atoms with Gasteiger partial charge in [0.1, 0.15) is 5.82 Å². The normalized spacial score (nSPS) is 13.4. The van der Waals surface area contributed by atoms with Gasteiger partial charge in [0.15, 0.2) is 0 Å². The van der Waals surface area contributed by atoms with Crippen molar-refractivity contribution in [3.8, 4) is 27.9 Å². The van der Waals surface area contributed by atoms with Gasteiger partial charge in [-0.3, -0.25) is 4.57 Å². The minimum absolute atomic E-state index is 0.195. The summed E-state index contributed by atoms with van der Waals surface area (Å²) < 4.78 is 44.3. The van der Waals surface area contributed by atoms with Gasteiger partial charge in [0.2, 0.25) is 0 Å². The third-order valence-corrected chi connectivity index (χ3v) is 6.82. The lowest BCUT2D eigenvalue weighted by atomic mass is 9.87. The van der Waals surface area contributed by atoms with Crippen molar-refractivity contribution in [2.24, 2.45) is 0 Å². The van der Waals surface area contributed by atoms with Crippen LogP contribution in [0.4, 0.5) is 0 Å². The van der Waals surface area contributed by atoms with Crippen LogP contribution in [0, 0.1) is 6.92 Å². The first-order chi connectivity index (χ1) is 19.9. The predicted octanol–water partition coefficient (Wildman–Crippen LogP) is 8.97. The van der Waals surface area contributed by atoms with Crippen LogP contribution in [-0.2, 0) is 0 Å².